The highest BCUT2D eigenvalue weighted by molar-refractivity contribution is 7.52. The van der Waals surface area contributed by atoms with Crippen LogP contribution in [0.25, 0.3) is 0 Å². The van der Waals surface area contributed by atoms with E-state index in [1.54, 1.807) is 44.2 Å². The van der Waals surface area contributed by atoms with Crippen LogP contribution in [0.3, 0.4) is 0 Å². The number of aliphatic hydroxyl groups excluding tert-OH is 1. The highest BCUT2D eigenvalue weighted by Gasteiger charge is 2.62. The predicted molar refractivity (Wildman–Crippen MR) is 129 cm³/mol. The Kier molecular flexibility index (Phi) is 7.75. The van der Waals surface area contributed by atoms with Crippen molar-refractivity contribution in [1.29, 1.82) is 0 Å². The lowest BCUT2D eigenvalue weighted by Gasteiger charge is -2.32. The highest BCUT2D eigenvalue weighted by Crippen LogP contribution is 2.50. The maximum Gasteiger partial charge on any atom is 0.459 e. The van der Waals surface area contributed by atoms with Crippen LogP contribution in [-0.2, 0) is 28.1 Å². The van der Waals surface area contributed by atoms with Gasteiger partial charge in [0.1, 0.15) is 29.6 Å². The third-order valence-corrected chi connectivity index (χ3v) is 7.56. The van der Waals surface area contributed by atoms with Crippen molar-refractivity contribution in [2.45, 2.75) is 63.9 Å². The molecular formula is C23H30N3O10P. The molecule has 2 saturated heterocycles. The minimum atomic E-state index is -4.24. The monoisotopic (exact) mass is 539 g/mol. The first-order chi connectivity index (χ1) is 17.4. The summed E-state index contributed by atoms with van der Waals surface area (Å²) in [7, 11) is -4.24. The number of aromatic amines is 1. The van der Waals surface area contributed by atoms with Crippen LogP contribution in [0.1, 0.15) is 32.6 Å². The second kappa shape index (κ2) is 10.5. The van der Waals surface area contributed by atoms with Crippen molar-refractivity contribution in [1.82, 2.24) is 14.6 Å². The van der Waals surface area contributed by atoms with Crippen LogP contribution in [0.5, 0.6) is 5.75 Å². The zero-order valence-electron chi connectivity index (χ0n) is 20.8. The largest absolute Gasteiger partial charge is 0.462 e. The lowest BCUT2D eigenvalue weighted by molar-refractivity contribution is -0.185. The fourth-order valence-corrected chi connectivity index (χ4v) is 5.59. The summed E-state index contributed by atoms with van der Waals surface area (Å²) in [5.74, 6) is -0.454. The molecule has 37 heavy (non-hydrogen) atoms. The molecule has 3 N–H and O–H groups in total. The highest BCUT2D eigenvalue weighted by atomic mass is 31.2. The fraction of sp³-hybridized carbons (Fsp3) is 0.522. The molecule has 0 unspecified atom stereocenters. The van der Waals surface area contributed by atoms with Gasteiger partial charge >= 0.3 is 19.4 Å². The number of esters is 1. The summed E-state index contributed by atoms with van der Waals surface area (Å²) < 4.78 is 43.1. The van der Waals surface area contributed by atoms with Crippen molar-refractivity contribution < 1.29 is 37.7 Å². The van der Waals surface area contributed by atoms with E-state index in [0.29, 0.717) is 0 Å². The Morgan fingerprint density at radius 1 is 1.30 bits per heavy atom. The van der Waals surface area contributed by atoms with Crippen LogP contribution in [0.15, 0.2) is 46.1 Å². The fourth-order valence-electron chi connectivity index (χ4n) is 4.04. The molecule has 2 aromatic rings. The molecule has 13 nitrogen and oxygen atoms in total. The van der Waals surface area contributed by atoms with E-state index in [4.69, 9.17) is 23.3 Å². The van der Waals surface area contributed by atoms with Crippen LogP contribution in [0.4, 0.5) is 0 Å². The zero-order valence-corrected chi connectivity index (χ0v) is 21.7. The van der Waals surface area contributed by atoms with Gasteiger partial charge in [-0.2, -0.15) is 5.09 Å². The van der Waals surface area contributed by atoms with Crippen LogP contribution in [0.2, 0.25) is 0 Å². The summed E-state index contributed by atoms with van der Waals surface area (Å²) >= 11 is 0. The summed E-state index contributed by atoms with van der Waals surface area (Å²) in [4.78, 5) is 38.7. The Morgan fingerprint density at radius 3 is 2.68 bits per heavy atom. The molecule has 2 aliphatic rings. The number of H-pyrrole nitrogens is 1. The average molecular weight is 539 g/mol. The number of hydrogen-bond acceptors (Lipinski definition) is 10. The van der Waals surface area contributed by atoms with E-state index in [1.165, 1.54) is 20.0 Å². The van der Waals surface area contributed by atoms with Crippen molar-refractivity contribution in [3.8, 4) is 5.75 Å². The molecule has 2 bridgehead atoms. The van der Waals surface area contributed by atoms with Gasteiger partial charge in [0, 0.05) is 11.8 Å². The number of hydrogen-bond donors (Lipinski definition) is 3. The number of nitrogens with one attached hydrogen (secondary N) is 2. The van der Waals surface area contributed by atoms with Crippen molar-refractivity contribution in [3.63, 3.8) is 0 Å². The molecule has 1 aromatic heterocycles. The van der Waals surface area contributed by atoms with Gasteiger partial charge < -0.3 is 23.8 Å². The Labute approximate surface area is 212 Å². The van der Waals surface area contributed by atoms with E-state index in [2.05, 4.69) is 10.1 Å². The van der Waals surface area contributed by atoms with Gasteiger partial charge in [0.25, 0.3) is 5.56 Å². The van der Waals surface area contributed by atoms with Crippen LogP contribution < -0.4 is 20.9 Å². The third-order valence-electron chi connectivity index (χ3n) is 5.93. The van der Waals surface area contributed by atoms with Gasteiger partial charge in [0.15, 0.2) is 6.23 Å². The molecule has 6 atom stereocenters. The number of carbonyl (C=O) groups excluding carboxylic acids is 1. The number of fused-ring (bicyclic) bond motifs is 2. The molecule has 3 heterocycles. The van der Waals surface area contributed by atoms with Crippen molar-refractivity contribution in [2.75, 3.05) is 13.2 Å². The maximum atomic E-state index is 13.8. The average Bonchev–Trinajstić information content (AvgIpc) is 3.29. The quantitative estimate of drug-likeness (QED) is 0.291. The number of aromatic nitrogens is 2. The predicted octanol–water partition coefficient (Wildman–Crippen LogP) is 1.01. The number of benzene rings is 1. The number of aliphatic hydroxyl groups is 1. The number of ether oxygens (including phenoxy) is 3. The summed E-state index contributed by atoms with van der Waals surface area (Å²) in [6.07, 6.45) is -2.36. The van der Waals surface area contributed by atoms with Crippen LogP contribution in [-0.4, -0.2) is 63.8 Å². The molecule has 0 spiro atoms. The molecule has 202 valence electrons. The first kappa shape index (κ1) is 27.2. The number of carbonyl (C=O) groups is 1. The summed E-state index contributed by atoms with van der Waals surface area (Å²) in [6, 6.07) is 7.14. The van der Waals surface area contributed by atoms with E-state index >= 15 is 0 Å². The second-order valence-electron chi connectivity index (χ2n) is 9.28. The van der Waals surface area contributed by atoms with Gasteiger partial charge in [-0.15, -0.1) is 0 Å². The first-order valence-corrected chi connectivity index (χ1v) is 13.2. The Morgan fingerprint density at radius 2 is 2.00 bits per heavy atom. The van der Waals surface area contributed by atoms with Crippen molar-refractivity contribution in [3.05, 3.63) is 62.9 Å². The van der Waals surface area contributed by atoms with Gasteiger partial charge in [-0.1, -0.05) is 18.2 Å². The molecule has 0 saturated carbocycles. The summed E-state index contributed by atoms with van der Waals surface area (Å²) in [5, 5.41) is 13.5. The molecule has 0 radical (unpaired) electrons. The van der Waals surface area contributed by atoms with E-state index in [9.17, 15) is 24.1 Å². The van der Waals surface area contributed by atoms with E-state index in [0.717, 1.165) is 4.57 Å². The van der Waals surface area contributed by atoms with E-state index in [1.807, 2.05) is 0 Å². The van der Waals surface area contributed by atoms with Crippen LogP contribution >= 0.6 is 7.75 Å². The van der Waals surface area contributed by atoms with E-state index in [-0.39, 0.29) is 17.9 Å². The molecule has 2 fully saturated rings. The Hall–Kier alpha value is -2.80. The smallest absolute Gasteiger partial charge is 0.459 e. The third kappa shape index (κ3) is 5.71. The van der Waals surface area contributed by atoms with Gasteiger partial charge in [-0.05, 0) is 39.8 Å². The molecule has 1 aromatic carbocycles. The lowest BCUT2D eigenvalue weighted by Crippen LogP contribution is -2.46. The minimum absolute atomic E-state index is 0.122. The molecule has 0 aliphatic carbocycles. The molecule has 2 aliphatic heterocycles. The molecule has 14 heteroatoms. The normalized spacial score (nSPS) is 27.1. The second-order valence-corrected chi connectivity index (χ2v) is 11.0. The minimum Gasteiger partial charge on any atom is -0.462 e. The van der Waals surface area contributed by atoms with Crippen molar-refractivity contribution >= 4 is 13.7 Å². The first-order valence-electron chi connectivity index (χ1n) is 11.7. The van der Waals surface area contributed by atoms with Gasteiger partial charge in [-0.25, -0.2) is 9.36 Å². The van der Waals surface area contributed by atoms with Gasteiger partial charge in [-0.3, -0.25) is 23.7 Å². The van der Waals surface area contributed by atoms with E-state index < -0.39 is 67.8 Å². The summed E-state index contributed by atoms with van der Waals surface area (Å²) in [6.45, 7) is 5.74. The number of aryl methyl sites for hydroxylation is 1. The number of nitrogens with zero attached hydrogens (tertiary/aromatic N) is 1. The van der Waals surface area contributed by atoms with Crippen molar-refractivity contribution in [2.24, 2.45) is 0 Å². The van der Waals surface area contributed by atoms with Crippen LogP contribution in [0, 0.1) is 6.92 Å². The maximum absolute atomic E-state index is 13.8. The van der Waals surface area contributed by atoms with Gasteiger partial charge in [0.05, 0.1) is 19.3 Å². The Balaban J connectivity index is 1.55. The molecule has 0 amide bonds. The van der Waals surface area contributed by atoms with Gasteiger partial charge in [0.2, 0.25) is 0 Å². The molecular weight excluding hydrogens is 509 g/mol. The lowest BCUT2D eigenvalue weighted by atomic mass is 10.0. The molecule has 4 rings (SSSR count). The Bertz CT molecular complexity index is 1300. The topological polar surface area (TPSA) is 167 Å². The summed E-state index contributed by atoms with van der Waals surface area (Å²) in [5.41, 5.74) is -2.52. The number of para-hydroxylation sites is 1. The zero-order chi connectivity index (χ0) is 27.0. The SMILES string of the molecule is Cc1cn([C@@H]2O[C@@]3(CO[P@@](=O)(N[C@H](C)C(=O)OC(C)C)Oc4ccccc4)CO[C@@H]2[C@@H]3O)c(=O)[nH]c1=O. The standard InChI is InChI=1S/C23H30N3O10P/c1-13(2)34-21(29)15(4)25-37(31,36-16-8-6-5-7-9-16)33-12-23-11-32-17(18(23)27)20(35-23)26-10-14(3)19(28)24-22(26)30/h5-10,13,15,17-18,20,27H,11-12H2,1-4H3,(H,25,31)(H,24,28,30)/t15-,17-,18+,20-,23-,37+/m1/s1. The number of rotatable bonds is 10.